The van der Waals surface area contributed by atoms with Gasteiger partial charge in [-0.1, -0.05) is 12.1 Å². The van der Waals surface area contributed by atoms with Crippen LogP contribution in [0, 0.1) is 13.8 Å². The van der Waals surface area contributed by atoms with Crippen LogP contribution in [0.4, 0.5) is 0 Å². The van der Waals surface area contributed by atoms with Crippen molar-refractivity contribution in [1.29, 1.82) is 0 Å². The van der Waals surface area contributed by atoms with Crippen molar-refractivity contribution in [2.24, 2.45) is 0 Å². The minimum absolute atomic E-state index is 0.173. The lowest BCUT2D eigenvalue weighted by Crippen LogP contribution is -2.19. The van der Waals surface area contributed by atoms with Crippen LogP contribution in [0.2, 0.25) is 0 Å². The quantitative estimate of drug-likeness (QED) is 0.713. The lowest BCUT2D eigenvalue weighted by Gasteiger charge is -2.10. The van der Waals surface area contributed by atoms with E-state index in [2.05, 4.69) is 19.9 Å². The first kappa shape index (κ1) is 9.64. The van der Waals surface area contributed by atoms with Gasteiger partial charge < -0.3 is 4.57 Å². The normalized spacial score (nSPS) is 15.6. The molecule has 2 heteroatoms. The molecule has 1 fully saturated rings. The first-order valence-electron chi connectivity index (χ1n) is 5.79. The Bertz CT molecular complexity index is 620. The number of pyridine rings is 1. The molecule has 1 aromatic heterocycles. The maximum Gasteiger partial charge on any atom is 0.258 e. The molecular weight excluding hydrogens is 198 g/mol. The number of aromatic nitrogens is 1. The molecular formula is C14H15NO. The largest absolute Gasteiger partial charge is 0.312 e. The van der Waals surface area contributed by atoms with E-state index in [4.69, 9.17) is 0 Å². The van der Waals surface area contributed by atoms with E-state index in [1.165, 1.54) is 11.1 Å². The summed E-state index contributed by atoms with van der Waals surface area (Å²) in [6, 6.07) is 6.43. The van der Waals surface area contributed by atoms with Crippen LogP contribution in [0.15, 0.2) is 29.2 Å². The van der Waals surface area contributed by atoms with Crippen molar-refractivity contribution in [3.63, 3.8) is 0 Å². The SMILES string of the molecule is Cc1cccc2c(=O)n(C3CC3)cc(C)c12. The molecule has 1 aliphatic rings. The van der Waals surface area contributed by atoms with E-state index in [9.17, 15) is 4.79 Å². The fraction of sp³-hybridized carbons (Fsp3) is 0.357. The number of aryl methyl sites for hydroxylation is 2. The molecule has 2 nitrogen and oxygen atoms in total. The first-order valence-corrected chi connectivity index (χ1v) is 5.79. The zero-order chi connectivity index (χ0) is 11.3. The minimum Gasteiger partial charge on any atom is -0.312 e. The molecule has 0 saturated heterocycles. The highest BCUT2D eigenvalue weighted by atomic mass is 16.1. The number of hydrogen-bond donors (Lipinski definition) is 0. The van der Waals surface area contributed by atoms with Crippen LogP contribution in [0.5, 0.6) is 0 Å². The number of benzene rings is 1. The second-order valence-corrected chi connectivity index (χ2v) is 4.75. The summed E-state index contributed by atoms with van der Waals surface area (Å²) in [7, 11) is 0. The highest BCUT2D eigenvalue weighted by Crippen LogP contribution is 2.34. The van der Waals surface area contributed by atoms with Gasteiger partial charge >= 0.3 is 0 Å². The fourth-order valence-corrected chi connectivity index (χ4v) is 2.46. The Hall–Kier alpha value is -1.57. The standard InChI is InChI=1S/C14H15NO/c1-9-4-3-5-12-13(9)10(2)8-15(14(12)16)11-6-7-11/h3-5,8,11H,6-7H2,1-2H3. The smallest absolute Gasteiger partial charge is 0.258 e. The third kappa shape index (κ3) is 1.29. The highest BCUT2D eigenvalue weighted by Gasteiger charge is 2.25. The second-order valence-electron chi connectivity index (χ2n) is 4.75. The second kappa shape index (κ2) is 3.21. The fourth-order valence-electron chi connectivity index (χ4n) is 2.46. The number of nitrogens with zero attached hydrogens (tertiary/aromatic N) is 1. The summed E-state index contributed by atoms with van der Waals surface area (Å²) >= 11 is 0. The zero-order valence-corrected chi connectivity index (χ0v) is 9.66. The van der Waals surface area contributed by atoms with Gasteiger partial charge in [0.1, 0.15) is 0 Å². The molecule has 16 heavy (non-hydrogen) atoms. The summed E-state index contributed by atoms with van der Waals surface area (Å²) < 4.78 is 1.91. The van der Waals surface area contributed by atoms with Gasteiger partial charge in [0.2, 0.25) is 0 Å². The van der Waals surface area contributed by atoms with Gasteiger partial charge in [0.15, 0.2) is 0 Å². The summed E-state index contributed by atoms with van der Waals surface area (Å²) in [5.41, 5.74) is 2.57. The van der Waals surface area contributed by atoms with Gasteiger partial charge in [-0.2, -0.15) is 0 Å². The van der Waals surface area contributed by atoms with E-state index in [1.807, 2.05) is 22.9 Å². The van der Waals surface area contributed by atoms with Gasteiger partial charge in [-0.15, -0.1) is 0 Å². The van der Waals surface area contributed by atoms with Crippen LogP contribution in [0.3, 0.4) is 0 Å². The highest BCUT2D eigenvalue weighted by molar-refractivity contribution is 5.87. The molecule has 0 N–H and O–H groups in total. The molecule has 3 rings (SSSR count). The molecule has 0 amide bonds. The van der Waals surface area contributed by atoms with E-state index < -0.39 is 0 Å². The van der Waals surface area contributed by atoms with E-state index in [1.54, 1.807) is 0 Å². The Morgan fingerprint density at radius 1 is 1.19 bits per heavy atom. The van der Waals surface area contributed by atoms with Crippen molar-refractivity contribution in [3.05, 3.63) is 45.9 Å². The van der Waals surface area contributed by atoms with Crippen molar-refractivity contribution >= 4 is 10.8 Å². The molecule has 82 valence electrons. The Morgan fingerprint density at radius 3 is 2.62 bits per heavy atom. The predicted molar refractivity (Wildman–Crippen MR) is 66.0 cm³/mol. The maximum atomic E-state index is 12.3. The molecule has 1 saturated carbocycles. The third-order valence-electron chi connectivity index (χ3n) is 3.41. The topological polar surface area (TPSA) is 22.0 Å². The van der Waals surface area contributed by atoms with Crippen molar-refractivity contribution in [3.8, 4) is 0 Å². The van der Waals surface area contributed by atoms with Crippen molar-refractivity contribution in [2.45, 2.75) is 32.7 Å². The van der Waals surface area contributed by atoms with Gasteiger partial charge in [-0.25, -0.2) is 0 Å². The predicted octanol–water partition coefficient (Wildman–Crippen LogP) is 2.95. The summed E-state index contributed by atoms with van der Waals surface area (Å²) in [4.78, 5) is 12.3. The lowest BCUT2D eigenvalue weighted by atomic mass is 10.0. The number of hydrogen-bond acceptors (Lipinski definition) is 1. The summed E-state index contributed by atoms with van der Waals surface area (Å²) in [5, 5.41) is 2.00. The van der Waals surface area contributed by atoms with Crippen molar-refractivity contribution in [2.75, 3.05) is 0 Å². The molecule has 0 spiro atoms. The first-order chi connectivity index (χ1) is 7.68. The summed E-state index contributed by atoms with van der Waals surface area (Å²) in [6.45, 7) is 4.16. The van der Waals surface area contributed by atoms with Gasteiger partial charge in [-0.05, 0) is 49.3 Å². The van der Waals surface area contributed by atoms with Crippen LogP contribution < -0.4 is 5.56 Å². The number of fused-ring (bicyclic) bond motifs is 1. The molecule has 0 atom stereocenters. The Balaban J connectivity index is 2.44. The monoisotopic (exact) mass is 213 g/mol. The average Bonchev–Trinajstić information content (AvgIpc) is 3.07. The summed E-state index contributed by atoms with van der Waals surface area (Å²) in [5.74, 6) is 0. The molecule has 0 unspecified atom stereocenters. The average molecular weight is 213 g/mol. The Labute approximate surface area is 94.5 Å². The minimum atomic E-state index is 0.173. The van der Waals surface area contributed by atoms with Gasteiger partial charge in [0, 0.05) is 17.6 Å². The van der Waals surface area contributed by atoms with Crippen LogP contribution in [-0.2, 0) is 0 Å². The van der Waals surface area contributed by atoms with Gasteiger partial charge in [-0.3, -0.25) is 4.79 Å². The van der Waals surface area contributed by atoms with E-state index in [0.717, 1.165) is 23.6 Å². The summed E-state index contributed by atoms with van der Waals surface area (Å²) in [6.07, 6.45) is 4.32. The van der Waals surface area contributed by atoms with Gasteiger partial charge in [0.25, 0.3) is 5.56 Å². The Morgan fingerprint density at radius 2 is 1.94 bits per heavy atom. The molecule has 0 bridgehead atoms. The Kier molecular flexibility index (Phi) is 1.93. The zero-order valence-electron chi connectivity index (χ0n) is 9.66. The van der Waals surface area contributed by atoms with Crippen molar-refractivity contribution in [1.82, 2.24) is 4.57 Å². The van der Waals surface area contributed by atoms with Crippen LogP contribution in [0.1, 0.15) is 30.0 Å². The molecule has 1 aliphatic carbocycles. The van der Waals surface area contributed by atoms with Gasteiger partial charge in [0.05, 0.1) is 0 Å². The van der Waals surface area contributed by atoms with Crippen LogP contribution in [-0.4, -0.2) is 4.57 Å². The molecule has 1 heterocycles. The van der Waals surface area contributed by atoms with Crippen LogP contribution in [0.25, 0.3) is 10.8 Å². The maximum absolute atomic E-state index is 12.3. The van der Waals surface area contributed by atoms with Crippen LogP contribution >= 0.6 is 0 Å². The van der Waals surface area contributed by atoms with E-state index in [0.29, 0.717) is 6.04 Å². The molecule has 1 aromatic carbocycles. The lowest BCUT2D eigenvalue weighted by molar-refractivity contribution is 0.711. The molecule has 0 radical (unpaired) electrons. The number of rotatable bonds is 1. The third-order valence-corrected chi connectivity index (χ3v) is 3.41. The van der Waals surface area contributed by atoms with E-state index in [-0.39, 0.29) is 5.56 Å². The van der Waals surface area contributed by atoms with Crippen molar-refractivity contribution < 1.29 is 0 Å². The van der Waals surface area contributed by atoms with E-state index >= 15 is 0 Å². The molecule has 2 aromatic rings. The molecule has 0 aliphatic heterocycles.